The summed E-state index contributed by atoms with van der Waals surface area (Å²) >= 11 is 1.96. The van der Waals surface area contributed by atoms with E-state index in [0.29, 0.717) is 25.9 Å². The first kappa shape index (κ1) is 20.9. The van der Waals surface area contributed by atoms with Crippen molar-refractivity contribution >= 4 is 29.0 Å². The Hall–Kier alpha value is -1.84. The van der Waals surface area contributed by atoms with E-state index in [1.807, 2.05) is 11.8 Å². The first-order valence-corrected chi connectivity index (χ1v) is 10.9. The van der Waals surface area contributed by atoms with Crippen LogP contribution in [0.2, 0.25) is 0 Å². The molecule has 0 spiro atoms. The van der Waals surface area contributed by atoms with Crippen molar-refractivity contribution in [1.82, 2.24) is 10.2 Å². The van der Waals surface area contributed by atoms with Gasteiger partial charge in [-0.2, -0.15) is 11.8 Å². The molecule has 3 rings (SSSR count). The van der Waals surface area contributed by atoms with Crippen LogP contribution in [-0.2, 0) is 9.53 Å². The molecule has 2 aliphatic heterocycles. The topological polar surface area (TPSA) is 96.7 Å². The van der Waals surface area contributed by atoms with Crippen LogP contribution in [0, 0.1) is 10.1 Å². The van der Waals surface area contributed by atoms with Gasteiger partial charge in [-0.25, -0.2) is 0 Å². The molecule has 154 valence electrons. The highest BCUT2D eigenvalue weighted by Gasteiger charge is 2.40. The normalized spacial score (nSPS) is 22.7. The number of amides is 1. The van der Waals surface area contributed by atoms with Gasteiger partial charge in [-0.05, 0) is 30.7 Å². The third kappa shape index (κ3) is 5.59. The van der Waals surface area contributed by atoms with Crippen LogP contribution in [0.25, 0.3) is 0 Å². The fourth-order valence-corrected chi connectivity index (χ4v) is 5.15. The van der Waals surface area contributed by atoms with Crippen molar-refractivity contribution in [1.29, 1.82) is 0 Å². The van der Waals surface area contributed by atoms with Gasteiger partial charge in [0.05, 0.1) is 18.1 Å². The Morgan fingerprint density at radius 1 is 1.29 bits per heavy atom. The van der Waals surface area contributed by atoms with E-state index in [2.05, 4.69) is 15.5 Å². The van der Waals surface area contributed by atoms with Gasteiger partial charge in [0.1, 0.15) is 0 Å². The van der Waals surface area contributed by atoms with E-state index < -0.39 is 4.92 Å². The van der Waals surface area contributed by atoms with Crippen molar-refractivity contribution in [3.8, 4) is 0 Å². The summed E-state index contributed by atoms with van der Waals surface area (Å²) in [4.78, 5) is 25.0. The maximum atomic E-state index is 12.3. The summed E-state index contributed by atoms with van der Waals surface area (Å²) in [5.74, 6) is 2.29. The third-order valence-corrected chi connectivity index (χ3v) is 6.60. The lowest BCUT2D eigenvalue weighted by molar-refractivity contribution is -0.384. The number of nitrogens with zero attached hydrogens (tertiary/aromatic N) is 2. The smallest absolute Gasteiger partial charge is 0.269 e. The Bertz CT molecular complexity index is 658. The van der Waals surface area contributed by atoms with Gasteiger partial charge in [-0.15, -0.1) is 0 Å². The Kier molecular flexibility index (Phi) is 7.52. The first-order chi connectivity index (χ1) is 13.6. The summed E-state index contributed by atoms with van der Waals surface area (Å²) in [5, 5.41) is 17.0. The van der Waals surface area contributed by atoms with Crippen LogP contribution in [0.4, 0.5) is 11.4 Å². The molecular weight excluding hydrogens is 380 g/mol. The summed E-state index contributed by atoms with van der Waals surface area (Å²) in [6.45, 7) is 4.78. The van der Waals surface area contributed by atoms with Crippen LogP contribution in [-0.4, -0.2) is 72.2 Å². The molecule has 0 saturated carbocycles. The minimum absolute atomic E-state index is 0.0705. The molecule has 1 aromatic carbocycles. The van der Waals surface area contributed by atoms with Crippen LogP contribution in [0.3, 0.4) is 0 Å². The maximum absolute atomic E-state index is 12.3. The van der Waals surface area contributed by atoms with Gasteiger partial charge in [0.15, 0.2) is 0 Å². The molecule has 2 aliphatic rings. The SMILES string of the molecule is O=C(CCCNc1ccc([N+](=O)[O-])cc1)NCC1(N2CCOCC2)CCSC1. The van der Waals surface area contributed by atoms with E-state index >= 15 is 0 Å². The number of nitrogens with one attached hydrogen (secondary N) is 2. The summed E-state index contributed by atoms with van der Waals surface area (Å²) in [6, 6.07) is 6.31. The van der Waals surface area contributed by atoms with Crippen LogP contribution in [0.5, 0.6) is 0 Å². The number of non-ortho nitro benzene ring substituents is 1. The molecule has 2 saturated heterocycles. The average molecular weight is 409 g/mol. The number of ether oxygens (including phenoxy) is 1. The van der Waals surface area contributed by atoms with E-state index in [4.69, 9.17) is 4.74 Å². The second-order valence-electron chi connectivity index (χ2n) is 7.24. The molecule has 0 bridgehead atoms. The lowest BCUT2D eigenvalue weighted by Gasteiger charge is -2.43. The lowest BCUT2D eigenvalue weighted by atomic mass is 9.95. The van der Waals surface area contributed by atoms with Gasteiger partial charge in [0, 0.05) is 61.7 Å². The standard InChI is InChI=1S/C19H28N4O4S/c24-18(2-1-8-20-16-3-5-17(6-4-16)23(25)26)21-14-19(7-13-28-15-19)22-9-11-27-12-10-22/h3-6,20H,1-2,7-15H2,(H,21,24). The number of hydrogen-bond acceptors (Lipinski definition) is 7. The summed E-state index contributed by atoms with van der Waals surface area (Å²) in [6.07, 6.45) is 2.29. The number of anilines is 1. The zero-order valence-corrected chi connectivity index (χ0v) is 16.8. The van der Waals surface area contributed by atoms with Crippen molar-refractivity contribution in [2.45, 2.75) is 24.8 Å². The van der Waals surface area contributed by atoms with Crippen molar-refractivity contribution < 1.29 is 14.5 Å². The van der Waals surface area contributed by atoms with E-state index in [1.54, 1.807) is 12.1 Å². The molecule has 1 atom stereocenters. The minimum Gasteiger partial charge on any atom is -0.385 e. The first-order valence-electron chi connectivity index (χ1n) is 9.75. The zero-order chi connectivity index (χ0) is 19.8. The van der Waals surface area contributed by atoms with Gasteiger partial charge in [0.2, 0.25) is 5.91 Å². The maximum Gasteiger partial charge on any atom is 0.269 e. The molecule has 8 nitrogen and oxygen atoms in total. The minimum atomic E-state index is -0.416. The Morgan fingerprint density at radius 3 is 2.68 bits per heavy atom. The van der Waals surface area contributed by atoms with Gasteiger partial charge >= 0.3 is 0 Å². The van der Waals surface area contributed by atoms with Crippen molar-refractivity contribution in [2.24, 2.45) is 0 Å². The predicted octanol–water partition coefficient (Wildman–Crippen LogP) is 2.11. The number of thioether (sulfide) groups is 1. The van der Waals surface area contributed by atoms with Crippen LogP contribution < -0.4 is 10.6 Å². The van der Waals surface area contributed by atoms with Gasteiger partial charge in [-0.1, -0.05) is 0 Å². The molecule has 2 fully saturated rings. The summed E-state index contributed by atoms with van der Waals surface area (Å²) in [7, 11) is 0. The highest BCUT2D eigenvalue weighted by Crippen LogP contribution is 2.33. The molecule has 1 aromatic rings. The monoisotopic (exact) mass is 408 g/mol. The number of hydrogen-bond donors (Lipinski definition) is 2. The molecule has 0 radical (unpaired) electrons. The van der Waals surface area contributed by atoms with Gasteiger partial charge in [-0.3, -0.25) is 19.8 Å². The number of nitro benzene ring substituents is 1. The largest absolute Gasteiger partial charge is 0.385 e. The summed E-state index contributed by atoms with van der Waals surface area (Å²) in [5.41, 5.74) is 0.964. The summed E-state index contributed by atoms with van der Waals surface area (Å²) < 4.78 is 5.47. The number of carbonyl (C=O) groups excluding carboxylic acids is 1. The quantitative estimate of drug-likeness (QED) is 0.367. The second kappa shape index (κ2) is 10.1. The molecule has 1 amide bonds. The van der Waals surface area contributed by atoms with Gasteiger partial charge in [0.25, 0.3) is 5.69 Å². The third-order valence-electron chi connectivity index (χ3n) is 5.37. The van der Waals surface area contributed by atoms with E-state index in [9.17, 15) is 14.9 Å². The van der Waals surface area contributed by atoms with Crippen molar-refractivity contribution in [3.05, 3.63) is 34.4 Å². The molecule has 0 aliphatic carbocycles. The molecule has 2 heterocycles. The second-order valence-corrected chi connectivity index (χ2v) is 8.34. The zero-order valence-electron chi connectivity index (χ0n) is 16.0. The molecule has 28 heavy (non-hydrogen) atoms. The van der Waals surface area contributed by atoms with E-state index in [1.165, 1.54) is 12.1 Å². The molecule has 0 aromatic heterocycles. The molecule has 1 unspecified atom stereocenters. The molecule has 2 N–H and O–H groups in total. The Labute approximate surface area is 169 Å². The van der Waals surface area contributed by atoms with Crippen LogP contribution in [0.15, 0.2) is 24.3 Å². The van der Waals surface area contributed by atoms with Crippen LogP contribution >= 0.6 is 11.8 Å². The number of morpholine rings is 1. The number of nitro groups is 1. The molecule has 9 heteroatoms. The lowest BCUT2D eigenvalue weighted by Crippen LogP contribution is -2.59. The fourth-order valence-electron chi connectivity index (χ4n) is 3.67. The number of benzene rings is 1. The van der Waals surface area contributed by atoms with Gasteiger partial charge < -0.3 is 15.4 Å². The van der Waals surface area contributed by atoms with E-state index in [0.717, 1.165) is 49.9 Å². The fraction of sp³-hybridized carbons (Fsp3) is 0.632. The Balaban J connectivity index is 1.37. The average Bonchev–Trinajstić information content (AvgIpc) is 3.21. The predicted molar refractivity (Wildman–Crippen MR) is 111 cm³/mol. The number of rotatable bonds is 9. The Morgan fingerprint density at radius 2 is 2.04 bits per heavy atom. The van der Waals surface area contributed by atoms with Crippen LogP contribution in [0.1, 0.15) is 19.3 Å². The highest BCUT2D eigenvalue weighted by atomic mass is 32.2. The van der Waals surface area contributed by atoms with Crippen molar-refractivity contribution in [3.63, 3.8) is 0 Å². The van der Waals surface area contributed by atoms with E-state index in [-0.39, 0.29) is 17.1 Å². The van der Waals surface area contributed by atoms with Crippen molar-refractivity contribution in [2.75, 3.05) is 56.2 Å². The molecular formula is C19H28N4O4S. The number of carbonyl (C=O) groups is 1. The highest BCUT2D eigenvalue weighted by molar-refractivity contribution is 7.99.